The van der Waals surface area contributed by atoms with Gasteiger partial charge in [0.05, 0.1) is 6.61 Å². The second kappa shape index (κ2) is 3.77. The zero-order valence-corrected chi connectivity index (χ0v) is 8.62. The molecule has 1 aromatic carbocycles. The lowest BCUT2D eigenvalue weighted by Crippen LogP contribution is -2.07. The van der Waals surface area contributed by atoms with Crippen molar-refractivity contribution in [3.05, 3.63) is 41.2 Å². The second-order valence-electron chi connectivity index (χ2n) is 3.63. The van der Waals surface area contributed by atoms with Gasteiger partial charge in [-0.1, -0.05) is 11.6 Å². The standard InChI is InChI=1S/C12H13NO2/c1-8-4-5-10(13)9(7-8)12(14)11-3-2-6-15-11/h3-5,7H,2,6,13H2,1H3. The number of benzene rings is 1. The number of carbonyl (C=O) groups excluding carboxylic acids is 1. The summed E-state index contributed by atoms with van der Waals surface area (Å²) in [5, 5.41) is 0. The Hall–Kier alpha value is -1.77. The lowest BCUT2D eigenvalue weighted by Gasteiger charge is -2.06. The van der Waals surface area contributed by atoms with Gasteiger partial charge in [0.15, 0.2) is 5.76 Å². The molecular weight excluding hydrogens is 190 g/mol. The number of allylic oxidation sites excluding steroid dienone is 1. The molecule has 3 heteroatoms. The van der Waals surface area contributed by atoms with Crippen molar-refractivity contribution in [2.24, 2.45) is 0 Å². The van der Waals surface area contributed by atoms with Crippen molar-refractivity contribution in [2.45, 2.75) is 13.3 Å². The van der Waals surface area contributed by atoms with E-state index < -0.39 is 0 Å². The van der Waals surface area contributed by atoms with Crippen molar-refractivity contribution < 1.29 is 9.53 Å². The van der Waals surface area contributed by atoms with E-state index in [9.17, 15) is 4.79 Å². The molecule has 0 saturated carbocycles. The van der Waals surface area contributed by atoms with Crippen molar-refractivity contribution in [1.82, 2.24) is 0 Å². The normalized spacial score (nSPS) is 14.6. The van der Waals surface area contributed by atoms with Gasteiger partial charge in [-0.3, -0.25) is 4.79 Å². The van der Waals surface area contributed by atoms with Gasteiger partial charge in [0.25, 0.3) is 0 Å². The van der Waals surface area contributed by atoms with E-state index in [0.717, 1.165) is 12.0 Å². The van der Waals surface area contributed by atoms with Crippen LogP contribution in [-0.2, 0) is 4.74 Å². The van der Waals surface area contributed by atoms with E-state index in [1.165, 1.54) is 0 Å². The van der Waals surface area contributed by atoms with Gasteiger partial charge in [0.2, 0.25) is 5.78 Å². The highest BCUT2D eigenvalue weighted by Crippen LogP contribution is 2.21. The van der Waals surface area contributed by atoms with Gasteiger partial charge in [-0.15, -0.1) is 0 Å². The molecule has 0 spiro atoms. The molecule has 0 unspecified atom stereocenters. The Bertz CT molecular complexity index is 435. The highest BCUT2D eigenvalue weighted by molar-refractivity contribution is 6.10. The molecule has 1 aliphatic rings. The molecule has 0 radical (unpaired) electrons. The van der Waals surface area contributed by atoms with Gasteiger partial charge in [-0.05, 0) is 25.1 Å². The molecule has 3 nitrogen and oxygen atoms in total. The van der Waals surface area contributed by atoms with E-state index in [2.05, 4.69) is 0 Å². The van der Waals surface area contributed by atoms with Crippen LogP contribution in [0.5, 0.6) is 0 Å². The Balaban J connectivity index is 2.36. The number of ether oxygens (including phenoxy) is 1. The molecule has 1 heterocycles. The molecule has 15 heavy (non-hydrogen) atoms. The Morgan fingerprint density at radius 3 is 2.93 bits per heavy atom. The first-order valence-corrected chi connectivity index (χ1v) is 4.92. The van der Waals surface area contributed by atoms with Crippen LogP contribution in [0.15, 0.2) is 30.0 Å². The SMILES string of the molecule is Cc1ccc(N)c(C(=O)C2=CCCO2)c1. The van der Waals surface area contributed by atoms with Crippen LogP contribution in [0, 0.1) is 6.92 Å². The van der Waals surface area contributed by atoms with Crippen molar-refractivity contribution in [3.8, 4) is 0 Å². The quantitative estimate of drug-likeness (QED) is 0.591. The highest BCUT2D eigenvalue weighted by Gasteiger charge is 2.19. The van der Waals surface area contributed by atoms with Crippen LogP contribution >= 0.6 is 0 Å². The number of carbonyl (C=O) groups is 1. The minimum Gasteiger partial charge on any atom is -0.489 e. The van der Waals surface area contributed by atoms with Crippen LogP contribution in [0.4, 0.5) is 5.69 Å². The number of hydrogen-bond acceptors (Lipinski definition) is 3. The summed E-state index contributed by atoms with van der Waals surface area (Å²) in [6.45, 7) is 2.52. The largest absolute Gasteiger partial charge is 0.489 e. The first-order chi connectivity index (χ1) is 7.18. The summed E-state index contributed by atoms with van der Waals surface area (Å²) in [6, 6.07) is 5.42. The molecule has 0 fully saturated rings. The fourth-order valence-corrected chi connectivity index (χ4v) is 1.58. The summed E-state index contributed by atoms with van der Waals surface area (Å²) in [5.74, 6) is 0.306. The minimum absolute atomic E-state index is 0.117. The Morgan fingerprint density at radius 1 is 1.47 bits per heavy atom. The fraction of sp³-hybridized carbons (Fsp3) is 0.250. The monoisotopic (exact) mass is 203 g/mol. The smallest absolute Gasteiger partial charge is 0.229 e. The average molecular weight is 203 g/mol. The number of ketones is 1. The van der Waals surface area contributed by atoms with Crippen molar-refractivity contribution in [1.29, 1.82) is 0 Å². The lowest BCUT2D eigenvalue weighted by atomic mass is 10.0. The number of rotatable bonds is 2. The molecular formula is C12H13NO2. The van der Waals surface area contributed by atoms with Crippen molar-refractivity contribution in [3.63, 3.8) is 0 Å². The predicted octanol–water partition coefficient (Wildman–Crippen LogP) is 2.06. The summed E-state index contributed by atoms with van der Waals surface area (Å²) in [7, 11) is 0. The number of aryl methyl sites for hydroxylation is 1. The summed E-state index contributed by atoms with van der Waals surface area (Å²) in [5.41, 5.74) is 7.81. The first-order valence-electron chi connectivity index (χ1n) is 4.92. The topological polar surface area (TPSA) is 52.3 Å². The molecule has 1 aliphatic heterocycles. The zero-order valence-electron chi connectivity index (χ0n) is 8.62. The maximum Gasteiger partial charge on any atom is 0.229 e. The van der Waals surface area contributed by atoms with Crippen LogP contribution < -0.4 is 5.73 Å². The third-order valence-electron chi connectivity index (χ3n) is 2.38. The summed E-state index contributed by atoms with van der Waals surface area (Å²) in [4.78, 5) is 11.9. The second-order valence-corrected chi connectivity index (χ2v) is 3.63. The van der Waals surface area contributed by atoms with E-state index in [0.29, 0.717) is 23.6 Å². The summed E-state index contributed by atoms with van der Waals surface area (Å²) >= 11 is 0. The van der Waals surface area contributed by atoms with E-state index in [4.69, 9.17) is 10.5 Å². The zero-order chi connectivity index (χ0) is 10.8. The third-order valence-corrected chi connectivity index (χ3v) is 2.38. The molecule has 0 aliphatic carbocycles. The highest BCUT2D eigenvalue weighted by atomic mass is 16.5. The minimum atomic E-state index is -0.117. The van der Waals surface area contributed by atoms with Crippen LogP contribution in [0.25, 0.3) is 0 Å². The molecule has 2 rings (SSSR count). The Labute approximate surface area is 88.5 Å². The number of nitrogen functional groups attached to an aromatic ring is 1. The van der Waals surface area contributed by atoms with E-state index >= 15 is 0 Å². The molecule has 0 amide bonds. The number of nitrogens with two attached hydrogens (primary N) is 1. The van der Waals surface area contributed by atoms with Gasteiger partial charge in [-0.25, -0.2) is 0 Å². The third kappa shape index (κ3) is 1.86. The van der Waals surface area contributed by atoms with Crippen molar-refractivity contribution in [2.75, 3.05) is 12.3 Å². The molecule has 2 N–H and O–H groups in total. The van der Waals surface area contributed by atoms with Gasteiger partial charge in [0.1, 0.15) is 0 Å². The van der Waals surface area contributed by atoms with Crippen molar-refractivity contribution >= 4 is 11.5 Å². The lowest BCUT2D eigenvalue weighted by molar-refractivity contribution is 0.0943. The first kappa shape index (κ1) is 9.77. The molecule has 0 aromatic heterocycles. The van der Waals surface area contributed by atoms with Gasteiger partial charge in [0, 0.05) is 17.7 Å². The number of anilines is 1. The van der Waals surface area contributed by atoms with Crippen LogP contribution in [0.3, 0.4) is 0 Å². The predicted molar refractivity (Wildman–Crippen MR) is 58.6 cm³/mol. The Kier molecular flexibility index (Phi) is 2.46. The maximum atomic E-state index is 11.9. The van der Waals surface area contributed by atoms with Crippen LogP contribution in [-0.4, -0.2) is 12.4 Å². The number of Topliss-reactive ketones (excluding diaryl/α,β-unsaturated/α-hetero) is 1. The molecule has 0 saturated heterocycles. The van der Waals surface area contributed by atoms with E-state index in [1.54, 1.807) is 12.1 Å². The average Bonchev–Trinajstić information content (AvgIpc) is 2.74. The van der Waals surface area contributed by atoms with Crippen LogP contribution in [0.1, 0.15) is 22.3 Å². The Morgan fingerprint density at radius 2 is 2.27 bits per heavy atom. The van der Waals surface area contributed by atoms with E-state index in [-0.39, 0.29) is 5.78 Å². The molecule has 1 aromatic rings. The van der Waals surface area contributed by atoms with Crippen LogP contribution in [0.2, 0.25) is 0 Å². The summed E-state index contributed by atoms with van der Waals surface area (Å²) in [6.07, 6.45) is 2.61. The summed E-state index contributed by atoms with van der Waals surface area (Å²) < 4.78 is 5.22. The molecule has 0 bridgehead atoms. The fourth-order valence-electron chi connectivity index (χ4n) is 1.58. The van der Waals surface area contributed by atoms with Gasteiger partial charge in [-0.2, -0.15) is 0 Å². The maximum absolute atomic E-state index is 11.9. The van der Waals surface area contributed by atoms with Gasteiger partial charge < -0.3 is 10.5 Å². The van der Waals surface area contributed by atoms with Gasteiger partial charge >= 0.3 is 0 Å². The van der Waals surface area contributed by atoms with E-state index in [1.807, 2.05) is 19.1 Å². The molecule has 0 atom stereocenters. The number of hydrogen-bond donors (Lipinski definition) is 1. The molecule has 78 valence electrons.